The molecule has 0 spiro atoms. The van der Waals surface area contributed by atoms with Crippen LogP contribution in [0.5, 0.6) is 0 Å². The number of methoxy groups -OCH3 is 1. The van der Waals surface area contributed by atoms with Crippen LogP contribution in [-0.2, 0) is 11.3 Å². The Balaban J connectivity index is 2.80. The zero-order valence-corrected chi connectivity index (χ0v) is 10.9. The van der Waals surface area contributed by atoms with Crippen LogP contribution in [0.3, 0.4) is 0 Å². The molecule has 0 fully saturated rings. The standard InChI is InChI=1S/C11H20ClN3O/c1-4-5-15-11(9(12)7-14-15)10(13)6-8(2)16-3/h7-8,10H,4-6,13H2,1-3H3. The molecule has 1 aromatic heterocycles. The second kappa shape index (κ2) is 6.23. The first-order valence-corrected chi connectivity index (χ1v) is 5.97. The zero-order valence-electron chi connectivity index (χ0n) is 10.1. The van der Waals surface area contributed by atoms with Crippen molar-refractivity contribution in [1.29, 1.82) is 0 Å². The van der Waals surface area contributed by atoms with Gasteiger partial charge in [-0.05, 0) is 19.8 Å². The van der Waals surface area contributed by atoms with Crippen molar-refractivity contribution in [3.8, 4) is 0 Å². The maximum absolute atomic E-state index is 6.12. The van der Waals surface area contributed by atoms with E-state index >= 15 is 0 Å². The van der Waals surface area contributed by atoms with Crippen LogP contribution in [0.25, 0.3) is 0 Å². The molecule has 0 aliphatic carbocycles. The van der Waals surface area contributed by atoms with Gasteiger partial charge in [-0.1, -0.05) is 18.5 Å². The van der Waals surface area contributed by atoms with Gasteiger partial charge in [0.05, 0.1) is 29.1 Å². The molecule has 1 heterocycles. The van der Waals surface area contributed by atoms with E-state index in [9.17, 15) is 0 Å². The van der Waals surface area contributed by atoms with Crippen molar-refractivity contribution in [2.24, 2.45) is 5.73 Å². The molecule has 1 rings (SSSR count). The van der Waals surface area contributed by atoms with Gasteiger partial charge in [0.25, 0.3) is 0 Å². The van der Waals surface area contributed by atoms with Gasteiger partial charge in [0.2, 0.25) is 0 Å². The molecule has 0 aromatic carbocycles. The molecular weight excluding hydrogens is 226 g/mol. The van der Waals surface area contributed by atoms with Gasteiger partial charge >= 0.3 is 0 Å². The Labute approximate surface area is 102 Å². The minimum Gasteiger partial charge on any atom is -0.382 e. The van der Waals surface area contributed by atoms with E-state index in [1.54, 1.807) is 13.3 Å². The van der Waals surface area contributed by atoms with Crippen LogP contribution >= 0.6 is 11.6 Å². The minimum atomic E-state index is -0.128. The van der Waals surface area contributed by atoms with Crippen molar-refractivity contribution in [3.05, 3.63) is 16.9 Å². The van der Waals surface area contributed by atoms with Crippen LogP contribution in [0, 0.1) is 0 Å². The summed E-state index contributed by atoms with van der Waals surface area (Å²) >= 11 is 6.10. The van der Waals surface area contributed by atoms with E-state index < -0.39 is 0 Å². The summed E-state index contributed by atoms with van der Waals surface area (Å²) in [6.45, 7) is 4.94. The Morgan fingerprint density at radius 2 is 2.31 bits per heavy atom. The Bertz CT molecular complexity index is 327. The summed E-state index contributed by atoms with van der Waals surface area (Å²) in [5.41, 5.74) is 7.03. The summed E-state index contributed by atoms with van der Waals surface area (Å²) in [6, 6.07) is -0.128. The topological polar surface area (TPSA) is 53.1 Å². The van der Waals surface area contributed by atoms with Crippen LogP contribution in [-0.4, -0.2) is 23.0 Å². The number of aromatic nitrogens is 2. The van der Waals surface area contributed by atoms with Gasteiger partial charge in [0, 0.05) is 13.7 Å². The third-order valence-electron chi connectivity index (χ3n) is 2.61. The molecule has 2 atom stereocenters. The van der Waals surface area contributed by atoms with E-state index in [4.69, 9.17) is 22.1 Å². The minimum absolute atomic E-state index is 0.121. The van der Waals surface area contributed by atoms with Gasteiger partial charge in [-0.2, -0.15) is 5.10 Å². The van der Waals surface area contributed by atoms with E-state index in [1.807, 2.05) is 11.6 Å². The first kappa shape index (κ1) is 13.5. The van der Waals surface area contributed by atoms with Crippen LogP contribution in [0.15, 0.2) is 6.20 Å². The number of hydrogen-bond donors (Lipinski definition) is 1. The fraction of sp³-hybridized carbons (Fsp3) is 0.727. The molecule has 92 valence electrons. The van der Waals surface area contributed by atoms with Gasteiger partial charge in [-0.25, -0.2) is 0 Å². The van der Waals surface area contributed by atoms with Crippen LogP contribution in [0.2, 0.25) is 5.02 Å². The van der Waals surface area contributed by atoms with E-state index in [0.717, 1.165) is 25.1 Å². The molecule has 5 heteroatoms. The summed E-state index contributed by atoms with van der Waals surface area (Å²) in [5, 5.41) is 4.87. The first-order chi connectivity index (χ1) is 7.60. The quantitative estimate of drug-likeness (QED) is 0.837. The summed E-state index contributed by atoms with van der Waals surface area (Å²) in [7, 11) is 1.68. The van der Waals surface area contributed by atoms with Gasteiger partial charge in [-0.15, -0.1) is 0 Å². The predicted molar refractivity (Wildman–Crippen MR) is 65.5 cm³/mol. The Morgan fingerprint density at radius 1 is 1.62 bits per heavy atom. The second-order valence-electron chi connectivity index (χ2n) is 3.99. The number of rotatable bonds is 6. The Hall–Kier alpha value is -0.580. The highest BCUT2D eigenvalue weighted by molar-refractivity contribution is 6.31. The highest BCUT2D eigenvalue weighted by Crippen LogP contribution is 2.25. The summed E-state index contributed by atoms with van der Waals surface area (Å²) in [4.78, 5) is 0. The largest absolute Gasteiger partial charge is 0.382 e. The normalized spacial score (nSPS) is 15.1. The van der Waals surface area contributed by atoms with E-state index in [-0.39, 0.29) is 12.1 Å². The molecular formula is C11H20ClN3O. The van der Waals surface area contributed by atoms with E-state index in [2.05, 4.69) is 12.0 Å². The number of nitrogens with two attached hydrogens (primary N) is 1. The van der Waals surface area contributed by atoms with Gasteiger partial charge < -0.3 is 10.5 Å². The fourth-order valence-electron chi connectivity index (χ4n) is 1.70. The maximum atomic E-state index is 6.12. The number of nitrogens with zero attached hydrogens (tertiary/aromatic N) is 2. The molecule has 0 amide bonds. The number of aryl methyl sites for hydroxylation is 1. The Morgan fingerprint density at radius 3 is 2.88 bits per heavy atom. The summed E-state index contributed by atoms with van der Waals surface area (Å²) in [6.07, 6.45) is 3.53. The summed E-state index contributed by atoms with van der Waals surface area (Å²) < 4.78 is 7.09. The molecule has 0 aliphatic rings. The lowest BCUT2D eigenvalue weighted by Crippen LogP contribution is -2.22. The van der Waals surface area contributed by atoms with Crippen molar-refractivity contribution < 1.29 is 4.74 Å². The molecule has 0 bridgehead atoms. The first-order valence-electron chi connectivity index (χ1n) is 5.59. The van der Waals surface area contributed by atoms with Crippen molar-refractivity contribution in [1.82, 2.24) is 9.78 Å². The second-order valence-corrected chi connectivity index (χ2v) is 4.40. The van der Waals surface area contributed by atoms with Crippen LogP contribution in [0.1, 0.15) is 38.4 Å². The predicted octanol–water partition coefficient (Wildman–Crippen LogP) is 2.37. The highest BCUT2D eigenvalue weighted by atomic mass is 35.5. The molecule has 0 saturated heterocycles. The average Bonchev–Trinajstić information content (AvgIpc) is 2.60. The molecule has 1 aromatic rings. The van der Waals surface area contributed by atoms with Crippen molar-refractivity contribution in [3.63, 3.8) is 0 Å². The number of ether oxygens (including phenoxy) is 1. The summed E-state index contributed by atoms with van der Waals surface area (Å²) in [5.74, 6) is 0. The maximum Gasteiger partial charge on any atom is 0.0834 e. The lowest BCUT2D eigenvalue weighted by Gasteiger charge is -2.18. The lowest BCUT2D eigenvalue weighted by atomic mass is 10.1. The number of hydrogen-bond acceptors (Lipinski definition) is 3. The van der Waals surface area contributed by atoms with Gasteiger partial charge in [-0.3, -0.25) is 4.68 Å². The van der Waals surface area contributed by atoms with Crippen LogP contribution in [0.4, 0.5) is 0 Å². The van der Waals surface area contributed by atoms with E-state index in [0.29, 0.717) is 5.02 Å². The Kier molecular flexibility index (Phi) is 5.25. The molecule has 0 aliphatic heterocycles. The molecule has 16 heavy (non-hydrogen) atoms. The van der Waals surface area contributed by atoms with Crippen LogP contribution < -0.4 is 5.73 Å². The van der Waals surface area contributed by atoms with Crippen molar-refractivity contribution in [2.75, 3.05) is 7.11 Å². The molecule has 4 nitrogen and oxygen atoms in total. The van der Waals surface area contributed by atoms with Crippen molar-refractivity contribution in [2.45, 2.75) is 45.4 Å². The molecule has 2 N–H and O–H groups in total. The van der Waals surface area contributed by atoms with Gasteiger partial charge in [0.15, 0.2) is 0 Å². The third kappa shape index (κ3) is 3.20. The monoisotopic (exact) mass is 245 g/mol. The zero-order chi connectivity index (χ0) is 12.1. The molecule has 0 saturated carbocycles. The molecule has 0 radical (unpaired) electrons. The fourth-order valence-corrected chi connectivity index (χ4v) is 1.98. The van der Waals surface area contributed by atoms with Gasteiger partial charge in [0.1, 0.15) is 0 Å². The molecule has 2 unspecified atom stereocenters. The smallest absolute Gasteiger partial charge is 0.0834 e. The van der Waals surface area contributed by atoms with E-state index in [1.165, 1.54) is 0 Å². The average molecular weight is 246 g/mol. The highest BCUT2D eigenvalue weighted by Gasteiger charge is 2.18. The SMILES string of the molecule is CCCn1ncc(Cl)c1C(N)CC(C)OC. The third-order valence-corrected chi connectivity index (χ3v) is 2.90. The number of halogens is 1. The van der Waals surface area contributed by atoms with Crippen molar-refractivity contribution >= 4 is 11.6 Å². The lowest BCUT2D eigenvalue weighted by molar-refractivity contribution is 0.104.